The maximum Gasteiger partial charge on any atom is 0.409 e. The quantitative estimate of drug-likeness (QED) is 0.483. The summed E-state index contributed by atoms with van der Waals surface area (Å²) in [5.41, 5.74) is 2.83. The van der Waals surface area contributed by atoms with Gasteiger partial charge in [-0.1, -0.05) is 23.9 Å². The largest absolute Gasteiger partial charge is 0.494 e. The summed E-state index contributed by atoms with van der Waals surface area (Å²) < 4.78 is 12.7. The number of likely N-dealkylation sites (tertiary alicyclic amines) is 1. The van der Waals surface area contributed by atoms with Gasteiger partial charge in [-0.3, -0.25) is 9.36 Å². The SMILES string of the molecule is CCOC(=O)N1CCC(NC(=O)CSc2nc3ccccc3n2-c2ccc(OCC)cc2)CC1. The molecule has 2 amide bonds. The number of piperidine rings is 1. The van der Waals surface area contributed by atoms with Crippen LogP contribution in [0.4, 0.5) is 4.79 Å². The van der Waals surface area contributed by atoms with E-state index in [4.69, 9.17) is 14.5 Å². The number of amides is 2. The van der Waals surface area contributed by atoms with Gasteiger partial charge in [0.2, 0.25) is 5.91 Å². The fraction of sp³-hybridized carbons (Fsp3) is 0.400. The van der Waals surface area contributed by atoms with E-state index in [1.165, 1.54) is 11.8 Å². The van der Waals surface area contributed by atoms with Crippen molar-refractivity contribution in [2.75, 3.05) is 32.1 Å². The van der Waals surface area contributed by atoms with Crippen LogP contribution < -0.4 is 10.1 Å². The molecule has 3 aromatic rings. The van der Waals surface area contributed by atoms with Crippen LogP contribution in [0, 0.1) is 0 Å². The fourth-order valence-corrected chi connectivity index (χ4v) is 4.87. The maximum absolute atomic E-state index is 12.7. The zero-order valence-corrected chi connectivity index (χ0v) is 20.3. The van der Waals surface area contributed by atoms with Crippen molar-refractivity contribution in [2.24, 2.45) is 0 Å². The summed E-state index contributed by atoms with van der Waals surface area (Å²) in [7, 11) is 0. The van der Waals surface area contributed by atoms with E-state index < -0.39 is 0 Å². The highest BCUT2D eigenvalue weighted by molar-refractivity contribution is 7.99. The van der Waals surface area contributed by atoms with Gasteiger partial charge in [-0.2, -0.15) is 0 Å². The van der Waals surface area contributed by atoms with Gasteiger partial charge in [-0.15, -0.1) is 0 Å². The molecular weight excluding hydrogens is 452 g/mol. The molecule has 1 aliphatic rings. The van der Waals surface area contributed by atoms with E-state index >= 15 is 0 Å². The van der Waals surface area contributed by atoms with Gasteiger partial charge in [-0.25, -0.2) is 9.78 Å². The monoisotopic (exact) mass is 482 g/mol. The molecule has 9 heteroatoms. The predicted octanol–water partition coefficient (Wildman–Crippen LogP) is 4.25. The minimum absolute atomic E-state index is 0.0371. The Balaban J connectivity index is 1.40. The molecule has 2 heterocycles. The van der Waals surface area contributed by atoms with Crippen LogP contribution >= 0.6 is 11.8 Å². The lowest BCUT2D eigenvalue weighted by Crippen LogP contribution is -2.47. The van der Waals surface area contributed by atoms with Crippen LogP contribution in [0.25, 0.3) is 16.7 Å². The molecule has 0 saturated carbocycles. The van der Waals surface area contributed by atoms with E-state index in [1.54, 1.807) is 11.8 Å². The fourth-order valence-electron chi connectivity index (χ4n) is 4.03. The highest BCUT2D eigenvalue weighted by Crippen LogP contribution is 2.29. The van der Waals surface area contributed by atoms with Crippen LogP contribution in [0.2, 0.25) is 0 Å². The minimum atomic E-state index is -0.281. The Bertz CT molecular complexity index is 1120. The third-order valence-corrected chi connectivity index (χ3v) is 6.59. The van der Waals surface area contributed by atoms with Crippen molar-refractivity contribution in [1.82, 2.24) is 19.8 Å². The number of rotatable bonds is 8. The van der Waals surface area contributed by atoms with Gasteiger partial charge in [0.15, 0.2) is 5.16 Å². The molecule has 2 aromatic carbocycles. The Morgan fingerprint density at radius 3 is 2.50 bits per heavy atom. The van der Waals surface area contributed by atoms with Gasteiger partial charge in [-0.05, 0) is 63.1 Å². The van der Waals surface area contributed by atoms with Crippen molar-refractivity contribution >= 4 is 34.8 Å². The summed E-state index contributed by atoms with van der Waals surface area (Å²) in [4.78, 5) is 31.0. The van der Waals surface area contributed by atoms with Gasteiger partial charge in [0.25, 0.3) is 0 Å². The van der Waals surface area contributed by atoms with Gasteiger partial charge < -0.3 is 19.7 Å². The molecule has 1 aromatic heterocycles. The Morgan fingerprint density at radius 2 is 1.79 bits per heavy atom. The molecule has 0 atom stereocenters. The summed E-state index contributed by atoms with van der Waals surface area (Å²) in [5.74, 6) is 1.04. The number of nitrogens with zero attached hydrogens (tertiary/aromatic N) is 3. The number of imidazole rings is 1. The van der Waals surface area contributed by atoms with E-state index in [-0.39, 0.29) is 23.8 Å². The van der Waals surface area contributed by atoms with E-state index in [0.29, 0.717) is 26.3 Å². The average molecular weight is 483 g/mol. The number of thioether (sulfide) groups is 1. The molecule has 1 saturated heterocycles. The van der Waals surface area contributed by atoms with Crippen LogP contribution in [0.1, 0.15) is 26.7 Å². The van der Waals surface area contributed by atoms with E-state index in [9.17, 15) is 9.59 Å². The topological polar surface area (TPSA) is 85.7 Å². The van der Waals surface area contributed by atoms with Gasteiger partial charge >= 0.3 is 6.09 Å². The van der Waals surface area contributed by atoms with Crippen LogP contribution in [-0.2, 0) is 9.53 Å². The number of aromatic nitrogens is 2. The lowest BCUT2D eigenvalue weighted by atomic mass is 10.1. The molecular formula is C25H30N4O4S. The first kappa shape index (κ1) is 23.9. The zero-order valence-electron chi connectivity index (χ0n) is 19.5. The lowest BCUT2D eigenvalue weighted by molar-refractivity contribution is -0.119. The molecule has 4 rings (SSSR count). The van der Waals surface area contributed by atoms with Crippen LogP contribution in [0.5, 0.6) is 5.75 Å². The summed E-state index contributed by atoms with van der Waals surface area (Å²) in [6, 6.07) is 15.9. The molecule has 0 aliphatic carbocycles. The summed E-state index contributed by atoms with van der Waals surface area (Å²) in [6.07, 6.45) is 1.16. The minimum Gasteiger partial charge on any atom is -0.494 e. The Morgan fingerprint density at radius 1 is 1.06 bits per heavy atom. The zero-order chi connectivity index (χ0) is 23.9. The number of carbonyl (C=O) groups is 2. The Labute approximate surface area is 203 Å². The number of carbonyl (C=O) groups excluding carboxylic acids is 2. The second-order valence-electron chi connectivity index (χ2n) is 7.96. The van der Waals surface area contributed by atoms with Crippen molar-refractivity contribution in [3.05, 3.63) is 48.5 Å². The van der Waals surface area contributed by atoms with Gasteiger partial charge in [0.1, 0.15) is 5.75 Å². The summed E-state index contributed by atoms with van der Waals surface area (Å²) >= 11 is 1.41. The average Bonchev–Trinajstić information content (AvgIpc) is 3.22. The first-order valence-corrected chi connectivity index (χ1v) is 12.6. The second kappa shape index (κ2) is 11.3. The molecule has 0 bridgehead atoms. The normalized spacial score (nSPS) is 14.2. The number of benzene rings is 2. The molecule has 0 unspecified atom stereocenters. The molecule has 34 heavy (non-hydrogen) atoms. The third-order valence-electron chi connectivity index (χ3n) is 5.65. The summed E-state index contributed by atoms with van der Waals surface area (Å²) in [5, 5.41) is 3.86. The standard InChI is InChI=1S/C25H30N4O4S/c1-3-32-20-11-9-19(10-12-20)29-22-8-6-5-7-21(22)27-24(29)34-17-23(30)26-18-13-15-28(16-14-18)25(31)33-4-2/h5-12,18H,3-4,13-17H2,1-2H3,(H,26,30). The van der Waals surface area contributed by atoms with E-state index in [2.05, 4.69) is 9.88 Å². The van der Waals surface area contributed by atoms with Crippen molar-refractivity contribution in [1.29, 1.82) is 0 Å². The molecule has 0 spiro atoms. The lowest BCUT2D eigenvalue weighted by Gasteiger charge is -2.31. The predicted molar refractivity (Wildman–Crippen MR) is 133 cm³/mol. The molecule has 1 N–H and O–H groups in total. The Kier molecular flexibility index (Phi) is 7.95. The number of hydrogen-bond donors (Lipinski definition) is 1. The molecule has 8 nitrogen and oxygen atoms in total. The second-order valence-corrected chi connectivity index (χ2v) is 8.90. The highest BCUT2D eigenvalue weighted by atomic mass is 32.2. The smallest absolute Gasteiger partial charge is 0.409 e. The van der Waals surface area contributed by atoms with Crippen molar-refractivity contribution < 1.29 is 19.1 Å². The van der Waals surface area contributed by atoms with Gasteiger partial charge in [0.05, 0.1) is 30.0 Å². The van der Waals surface area contributed by atoms with Gasteiger partial charge in [0, 0.05) is 24.8 Å². The van der Waals surface area contributed by atoms with Crippen LogP contribution in [-0.4, -0.2) is 64.5 Å². The number of ether oxygens (including phenoxy) is 2. The number of fused-ring (bicyclic) bond motifs is 1. The number of hydrogen-bond acceptors (Lipinski definition) is 6. The highest BCUT2D eigenvalue weighted by Gasteiger charge is 2.25. The molecule has 1 aliphatic heterocycles. The van der Waals surface area contributed by atoms with Crippen molar-refractivity contribution in [3.8, 4) is 11.4 Å². The summed E-state index contributed by atoms with van der Waals surface area (Å²) in [6.45, 7) is 5.92. The molecule has 180 valence electrons. The van der Waals surface area contributed by atoms with Crippen molar-refractivity contribution in [3.63, 3.8) is 0 Å². The molecule has 1 fully saturated rings. The maximum atomic E-state index is 12.7. The van der Waals surface area contributed by atoms with Crippen LogP contribution in [0.3, 0.4) is 0 Å². The first-order valence-electron chi connectivity index (χ1n) is 11.6. The Hall–Kier alpha value is -3.20. The first-order chi connectivity index (χ1) is 16.6. The number of nitrogens with one attached hydrogen (secondary N) is 1. The third kappa shape index (κ3) is 5.64. The van der Waals surface area contributed by atoms with E-state index in [0.717, 1.165) is 40.5 Å². The molecule has 0 radical (unpaired) electrons. The number of para-hydroxylation sites is 2. The van der Waals surface area contributed by atoms with E-state index in [1.807, 2.05) is 55.5 Å². The van der Waals surface area contributed by atoms with Crippen LogP contribution in [0.15, 0.2) is 53.7 Å². The van der Waals surface area contributed by atoms with Crippen molar-refractivity contribution in [2.45, 2.75) is 37.9 Å².